The third-order valence-electron chi connectivity index (χ3n) is 6.48. The Bertz CT molecular complexity index is 953. The van der Waals surface area contributed by atoms with E-state index in [1.807, 2.05) is 63.2 Å². The van der Waals surface area contributed by atoms with Gasteiger partial charge in [0.25, 0.3) is 5.91 Å². The maximum atomic E-state index is 13.4. The molecule has 0 saturated heterocycles. The summed E-state index contributed by atoms with van der Waals surface area (Å²) in [5.41, 5.74) is 3.02. The van der Waals surface area contributed by atoms with Gasteiger partial charge in [0.15, 0.2) is 6.61 Å². The number of hydrogen-bond donors (Lipinski definition) is 1. The lowest BCUT2D eigenvalue weighted by molar-refractivity contribution is -0.143. The number of carbonyl (C=O) groups is 2. The number of methoxy groups -OCH3 is 1. The average Bonchev–Trinajstić information content (AvgIpc) is 3.32. The van der Waals surface area contributed by atoms with E-state index in [2.05, 4.69) is 5.32 Å². The molecule has 6 nitrogen and oxygen atoms in total. The molecule has 0 bridgehead atoms. The number of carbonyl (C=O) groups excluding carboxylic acids is 2. The number of aryl methyl sites for hydroxylation is 1. The predicted molar refractivity (Wildman–Crippen MR) is 129 cm³/mol. The zero-order valence-electron chi connectivity index (χ0n) is 20.2. The summed E-state index contributed by atoms with van der Waals surface area (Å²) in [6.07, 6.45) is 4.80. The molecule has 1 N–H and O–H groups in total. The number of benzene rings is 2. The second-order valence-corrected chi connectivity index (χ2v) is 8.77. The molecule has 3 rings (SSSR count). The fourth-order valence-corrected chi connectivity index (χ4v) is 4.36. The summed E-state index contributed by atoms with van der Waals surface area (Å²) < 4.78 is 11.2. The molecular weight excluding hydrogens is 416 g/mol. The van der Waals surface area contributed by atoms with Crippen molar-refractivity contribution in [2.75, 3.05) is 13.7 Å². The maximum Gasteiger partial charge on any atom is 0.261 e. The molecule has 6 heteroatoms. The van der Waals surface area contributed by atoms with Crippen molar-refractivity contribution in [2.45, 2.75) is 71.5 Å². The first-order valence-corrected chi connectivity index (χ1v) is 11.8. The fourth-order valence-electron chi connectivity index (χ4n) is 4.36. The van der Waals surface area contributed by atoms with Crippen molar-refractivity contribution in [3.63, 3.8) is 0 Å². The van der Waals surface area contributed by atoms with Gasteiger partial charge in [0.1, 0.15) is 17.5 Å². The molecule has 0 radical (unpaired) electrons. The van der Waals surface area contributed by atoms with Crippen molar-refractivity contribution < 1.29 is 19.1 Å². The van der Waals surface area contributed by atoms with Gasteiger partial charge in [-0.3, -0.25) is 9.59 Å². The lowest BCUT2D eigenvalue weighted by atomic mass is 10.1. The number of rotatable bonds is 10. The zero-order chi connectivity index (χ0) is 23.8. The first-order chi connectivity index (χ1) is 15.9. The first-order valence-electron chi connectivity index (χ1n) is 11.8. The molecule has 2 aromatic carbocycles. The normalized spacial score (nSPS) is 14.5. The van der Waals surface area contributed by atoms with Gasteiger partial charge in [0.05, 0.1) is 7.11 Å². The smallest absolute Gasteiger partial charge is 0.261 e. The highest BCUT2D eigenvalue weighted by molar-refractivity contribution is 5.88. The third kappa shape index (κ3) is 6.50. The van der Waals surface area contributed by atoms with Gasteiger partial charge >= 0.3 is 0 Å². The minimum atomic E-state index is -0.563. The van der Waals surface area contributed by atoms with Crippen LogP contribution in [0.5, 0.6) is 11.5 Å². The van der Waals surface area contributed by atoms with Gasteiger partial charge < -0.3 is 19.7 Å². The van der Waals surface area contributed by atoms with E-state index in [1.54, 1.807) is 12.0 Å². The van der Waals surface area contributed by atoms with Gasteiger partial charge in [-0.25, -0.2) is 0 Å². The standard InChI is InChI=1S/C27H36N2O4/c1-5-24(27(31)28-22-12-6-7-13-22)29(17-21-11-9-14-23(16-21)32-4)26(30)18-33-25-15-8-10-19(2)20(25)3/h8-11,14-16,22,24H,5-7,12-13,17-18H2,1-4H3,(H,28,31)/t24-/m1/s1. The van der Waals surface area contributed by atoms with Crippen LogP contribution < -0.4 is 14.8 Å². The van der Waals surface area contributed by atoms with Crippen LogP contribution in [0.25, 0.3) is 0 Å². The fraction of sp³-hybridized carbons (Fsp3) is 0.481. The largest absolute Gasteiger partial charge is 0.497 e. The molecule has 1 aliphatic rings. The second kappa shape index (κ2) is 11.7. The van der Waals surface area contributed by atoms with E-state index in [9.17, 15) is 9.59 Å². The lowest BCUT2D eigenvalue weighted by Gasteiger charge is -2.31. The van der Waals surface area contributed by atoms with E-state index < -0.39 is 6.04 Å². The monoisotopic (exact) mass is 452 g/mol. The van der Waals surface area contributed by atoms with Crippen molar-refractivity contribution in [3.8, 4) is 11.5 Å². The van der Waals surface area contributed by atoms with Gasteiger partial charge in [-0.15, -0.1) is 0 Å². The summed E-state index contributed by atoms with van der Waals surface area (Å²) in [5.74, 6) is 1.10. The number of hydrogen-bond acceptors (Lipinski definition) is 4. The summed E-state index contributed by atoms with van der Waals surface area (Å²) in [4.78, 5) is 28.2. The topological polar surface area (TPSA) is 67.9 Å². The summed E-state index contributed by atoms with van der Waals surface area (Å²) >= 11 is 0. The Morgan fingerprint density at radius 3 is 2.55 bits per heavy atom. The van der Waals surface area contributed by atoms with Gasteiger partial charge in [0.2, 0.25) is 5.91 Å². The van der Waals surface area contributed by atoms with Gasteiger partial charge in [-0.1, -0.05) is 44.0 Å². The van der Waals surface area contributed by atoms with Crippen LogP contribution in [0.15, 0.2) is 42.5 Å². The third-order valence-corrected chi connectivity index (χ3v) is 6.48. The number of nitrogens with zero attached hydrogens (tertiary/aromatic N) is 1. The van der Waals surface area contributed by atoms with Crippen LogP contribution in [0.3, 0.4) is 0 Å². The summed E-state index contributed by atoms with van der Waals surface area (Å²) in [6.45, 7) is 6.12. The van der Waals surface area contributed by atoms with E-state index in [0.717, 1.165) is 48.1 Å². The van der Waals surface area contributed by atoms with E-state index in [1.165, 1.54) is 0 Å². The van der Waals surface area contributed by atoms with Gasteiger partial charge in [-0.05, 0) is 68.0 Å². The number of amides is 2. The molecular formula is C27H36N2O4. The van der Waals surface area contributed by atoms with E-state index in [0.29, 0.717) is 18.7 Å². The number of ether oxygens (including phenoxy) is 2. The summed E-state index contributed by atoms with van der Waals surface area (Å²) in [6, 6.07) is 13.0. The zero-order valence-corrected chi connectivity index (χ0v) is 20.2. The molecule has 0 heterocycles. The van der Waals surface area contributed by atoms with Crippen molar-refractivity contribution in [1.82, 2.24) is 10.2 Å². The predicted octanol–water partition coefficient (Wildman–Crippen LogP) is 4.56. The highest BCUT2D eigenvalue weighted by atomic mass is 16.5. The molecule has 178 valence electrons. The maximum absolute atomic E-state index is 13.4. The van der Waals surface area contributed by atoms with Crippen LogP contribution in [0.1, 0.15) is 55.7 Å². The second-order valence-electron chi connectivity index (χ2n) is 8.77. The summed E-state index contributed by atoms with van der Waals surface area (Å²) in [7, 11) is 1.62. The van der Waals surface area contributed by atoms with Crippen LogP contribution in [0.2, 0.25) is 0 Å². The molecule has 1 fully saturated rings. The summed E-state index contributed by atoms with van der Waals surface area (Å²) in [5, 5.41) is 3.17. The first kappa shape index (κ1) is 24.6. The Kier molecular flexibility index (Phi) is 8.75. The van der Waals surface area contributed by atoms with Gasteiger partial charge in [0, 0.05) is 12.6 Å². The lowest BCUT2D eigenvalue weighted by Crippen LogP contribution is -2.52. The molecule has 0 aromatic heterocycles. The van der Waals surface area contributed by atoms with E-state index in [4.69, 9.17) is 9.47 Å². The molecule has 0 aliphatic heterocycles. The molecule has 1 atom stereocenters. The van der Waals surface area contributed by atoms with Gasteiger partial charge in [-0.2, -0.15) is 0 Å². The molecule has 0 spiro atoms. The van der Waals surface area contributed by atoms with E-state index in [-0.39, 0.29) is 24.5 Å². The van der Waals surface area contributed by atoms with Crippen LogP contribution >= 0.6 is 0 Å². The average molecular weight is 453 g/mol. The Morgan fingerprint density at radius 1 is 1.12 bits per heavy atom. The van der Waals surface area contributed by atoms with E-state index >= 15 is 0 Å². The Morgan fingerprint density at radius 2 is 1.85 bits per heavy atom. The Balaban J connectivity index is 1.79. The molecule has 1 saturated carbocycles. The molecule has 33 heavy (non-hydrogen) atoms. The van der Waals surface area contributed by atoms with Crippen molar-refractivity contribution in [1.29, 1.82) is 0 Å². The molecule has 2 amide bonds. The highest BCUT2D eigenvalue weighted by Crippen LogP contribution is 2.22. The SMILES string of the molecule is CC[C@H](C(=O)NC1CCCC1)N(Cc1cccc(OC)c1)C(=O)COc1cccc(C)c1C. The number of nitrogens with one attached hydrogen (secondary N) is 1. The van der Waals surface area contributed by atoms with Crippen LogP contribution in [-0.2, 0) is 16.1 Å². The minimum absolute atomic E-state index is 0.0904. The van der Waals surface area contributed by atoms with Crippen LogP contribution in [0.4, 0.5) is 0 Å². The Hall–Kier alpha value is -3.02. The minimum Gasteiger partial charge on any atom is -0.497 e. The quantitative estimate of drug-likeness (QED) is 0.574. The molecule has 1 aliphatic carbocycles. The van der Waals surface area contributed by atoms with Crippen molar-refractivity contribution in [2.24, 2.45) is 0 Å². The molecule has 0 unspecified atom stereocenters. The van der Waals surface area contributed by atoms with Crippen molar-refractivity contribution >= 4 is 11.8 Å². The van der Waals surface area contributed by atoms with Crippen LogP contribution in [-0.4, -0.2) is 42.5 Å². The highest BCUT2D eigenvalue weighted by Gasteiger charge is 2.31. The van der Waals surface area contributed by atoms with Crippen molar-refractivity contribution in [3.05, 3.63) is 59.2 Å². The van der Waals surface area contributed by atoms with Crippen LogP contribution in [0, 0.1) is 13.8 Å². The Labute approximate surface area is 197 Å². The molecule has 2 aromatic rings.